The van der Waals surface area contributed by atoms with Gasteiger partial charge in [0.15, 0.2) is 5.96 Å². The lowest BCUT2D eigenvalue weighted by Crippen LogP contribution is -2.39. The van der Waals surface area contributed by atoms with Gasteiger partial charge in [0.1, 0.15) is 11.4 Å². The molecular formula is C19H34N6O2. The van der Waals surface area contributed by atoms with Gasteiger partial charge in [0.05, 0.1) is 12.2 Å². The van der Waals surface area contributed by atoms with Crippen LogP contribution in [0.4, 0.5) is 10.6 Å². The molecule has 0 aliphatic rings. The number of carbonyl (C=O) groups excluding carboxylic acids is 1. The molecule has 1 heterocycles. The summed E-state index contributed by atoms with van der Waals surface area (Å²) in [5.74, 6) is 1.64. The predicted octanol–water partition coefficient (Wildman–Crippen LogP) is 2.12. The fraction of sp³-hybridized carbons (Fsp3) is 0.632. The second kappa shape index (κ2) is 11.3. The maximum absolute atomic E-state index is 11.6. The van der Waals surface area contributed by atoms with Crippen LogP contribution in [-0.2, 0) is 11.3 Å². The summed E-state index contributed by atoms with van der Waals surface area (Å²) in [6, 6.07) is 5.91. The van der Waals surface area contributed by atoms with Gasteiger partial charge in [-0.25, -0.2) is 14.8 Å². The Morgan fingerprint density at radius 2 is 1.89 bits per heavy atom. The lowest BCUT2D eigenvalue weighted by molar-refractivity contribution is 0.0527. The number of amides is 1. The Balaban J connectivity index is 2.42. The maximum Gasteiger partial charge on any atom is 0.407 e. The van der Waals surface area contributed by atoms with E-state index in [-0.39, 0.29) is 0 Å². The first-order valence-electron chi connectivity index (χ1n) is 9.33. The Kier molecular flexibility index (Phi) is 9.39. The van der Waals surface area contributed by atoms with E-state index in [4.69, 9.17) is 4.74 Å². The SMILES string of the molecule is CCNC(=NCc1cccc(N(C)C)n1)NCCCNC(=O)OC(C)(C)C. The van der Waals surface area contributed by atoms with Crippen LogP contribution in [0.5, 0.6) is 0 Å². The first-order chi connectivity index (χ1) is 12.7. The molecule has 0 aromatic carbocycles. The molecule has 0 atom stereocenters. The second-order valence-electron chi connectivity index (χ2n) is 7.29. The number of hydrogen-bond donors (Lipinski definition) is 3. The van der Waals surface area contributed by atoms with Gasteiger partial charge in [-0.1, -0.05) is 6.07 Å². The van der Waals surface area contributed by atoms with Gasteiger partial charge in [-0.3, -0.25) is 0 Å². The average Bonchev–Trinajstić information content (AvgIpc) is 2.58. The van der Waals surface area contributed by atoms with E-state index >= 15 is 0 Å². The van der Waals surface area contributed by atoms with E-state index in [0.29, 0.717) is 19.6 Å². The third-order valence-electron chi connectivity index (χ3n) is 3.31. The highest BCUT2D eigenvalue weighted by Crippen LogP contribution is 2.08. The quantitative estimate of drug-likeness (QED) is 0.365. The van der Waals surface area contributed by atoms with Crippen molar-refractivity contribution in [1.82, 2.24) is 20.9 Å². The number of ether oxygens (including phenoxy) is 1. The Morgan fingerprint density at radius 3 is 2.52 bits per heavy atom. The van der Waals surface area contributed by atoms with E-state index in [2.05, 4.69) is 25.9 Å². The van der Waals surface area contributed by atoms with Crippen molar-refractivity contribution >= 4 is 17.9 Å². The van der Waals surface area contributed by atoms with Gasteiger partial charge in [0.2, 0.25) is 0 Å². The number of rotatable bonds is 8. The molecule has 0 saturated carbocycles. The molecule has 0 unspecified atom stereocenters. The lowest BCUT2D eigenvalue weighted by Gasteiger charge is -2.19. The van der Waals surface area contributed by atoms with Crippen molar-refractivity contribution in [3.05, 3.63) is 23.9 Å². The summed E-state index contributed by atoms with van der Waals surface area (Å²) in [5.41, 5.74) is 0.426. The third kappa shape index (κ3) is 10.3. The highest BCUT2D eigenvalue weighted by atomic mass is 16.6. The Hall–Kier alpha value is -2.51. The monoisotopic (exact) mass is 378 g/mol. The number of pyridine rings is 1. The molecule has 152 valence electrons. The summed E-state index contributed by atoms with van der Waals surface area (Å²) in [5, 5.41) is 9.21. The lowest BCUT2D eigenvalue weighted by atomic mass is 10.2. The molecule has 0 bridgehead atoms. The van der Waals surface area contributed by atoms with Crippen LogP contribution in [0.15, 0.2) is 23.2 Å². The molecule has 0 aliphatic heterocycles. The number of carbonyl (C=O) groups is 1. The van der Waals surface area contributed by atoms with Crippen molar-refractivity contribution in [2.45, 2.75) is 46.3 Å². The molecular weight excluding hydrogens is 344 g/mol. The minimum Gasteiger partial charge on any atom is -0.444 e. The summed E-state index contributed by atoms with van der Waals surface area (Å²) in [6.07, 6.45) is 0.368. The van der Waals surface area contributed by atoms with Crippen molar-refractivity contribution in [3.63, 3.8) is 0 Å². The normalized spacial score (nSPS) is 11.7. The van der Waals surface area contributed by atoms with Crippen LogP contribution in [0.25, 0.3) is 0 Å². The van der Waals surface area contributed by atoms with Gasteiger partial charge in [0.25, 0.3) is 0 Å². The van der Waals surface area contributed by atoms with Crippen molar-refractivity contribution < 1.29 is 9.53 Å². The average molecular weight is 379 g/mol. The van der Waals surface area contributed by atoms with Crippen LogP contribution in [0.3, 0.4) is 0 Å². The maximum atomic E-state index is 11.6. The van der Waals surface area contributed by atoms with Gasteiger partial charge in [-0.15, -0.1) is 0 Å². The molecule has 0 fully saturated rings. The van der Waals surface area contributed by atoms with Crippen LogP contribution < -0.4 is 20.9 Å². The van der Waals surface area contributed by atoms with E-state index in [1.807, 2.05) is 64.9 Å². The predicted molar refractivity (Wildman–Crippen MR) is 110 cm³/mol. The first kappa shape index (κ1) is 22.5. The number of guanidine groups is 1. The summed E-state index contributed by atoms with van der Waals surface area (Å²) in [4.78, 5) is 22.7. The van der Waals surface area contributed by atoms with Gasteiger partial charge >= 0.3 is 6.09 Å². The minimum absolute atomic E-state index is 0.394. The molecule has 1 aromatic heterocycles. The minimum atomic E-state index is -0.481. The van der Waals surface area contributed by atoms with Crippen molar-refractivity contribution in [2.75, 3.05) is 38.6 Å². The van der Waals surface area contributed by atoms with Gasteiger partial charge in [0, 0.05) is 33.7 Å². The largest absolute Gasteiger partial charge is 0.444 e. The fourth-order valence-electron chi connectivity index (χ4n) is 2.11. The molecule has 8 heteroatoms. The van der Waals surface area contributed by atoms with Gasteiger partial charge in [-0.05, 0) is 46.2 Å². The van der Waals surface area contributed by atoms with E-state index in [1.165, 1.54) is 0 Å². The van der Waals surface area contributed by atoms with Crippen molar-refractivity contribution in [1.29, 1.82) is 0 Å². The Morgan fingerprint density at radius 1 is 1.19 bits per heavy atom. The molecule has 3 N–H and O–H groups in total. The molecule has 1 aromatic rings. The van der Waals surface area contributed by atoms with E-state index in [1.54, 1.807) is 0 Å². The fourth-order valence-corrected chi connectivity index (χ4v) is 2.11. The highest BCUT2D eigenvalue weighted by Gasteiger charge is 2.15. The molecule has 0 saturated heterocycles. The van der Waals surface area contributed by atoms with E-state index in [9.17, 15) is 4.79 Å². The van der Waals surface area contributed by atoms with Crippen molar-refractivity contribution in [3.8, 4) is 0 Å². The molecule has 27 heavy (non-hydrogen) atoms. The van der Waals surface area contributed by atoms with Crippen LogP contribution in [0.2, 0.25) is 0 Å². The first-order valence-corrected chi connectivity index (χ1v) is 9.33. The molecule has 0 radical (unpaired) electrons. The number of aromatic nitrogens is 1. The number of aliphatic imine (C=N–C) groups is 1. The highest BCUT2D eigenvalue weighted by molar-refractivity contribution is 5.79. The van der Waals surface area contributed by atoms with Crippen molar-refractivity contribution in [2.24, 2.45) is 4.99 Å². The third-order valence-corrected chi connectivity index (χ3v) is 3.31. The van der Waals surface area contributed by atoms with Gasteiger partial charge < -0.3 is 25.6 Å². The zero-order chi connectivity index (χ0) is 20.3. The second-order valence-corrected chi connectivity index (χ2v) is 7.29. The summed E-state index contributed by atoms with van der Waals surface area (Å²) in [6.45, 7) is 10.0. The van der Waals surface area contributed by atoms with Gasteiger partial charge in [-0.2, -0.15) is 0 Å². The zero-order valence-electron chi connectivity index (χ0n) is 17.4. The number of nitrogens with zero attached hydrogens (tertiary/aromatic N) is 3. The summed E-state index contributed by atoms with van der Waals surface area (Å²) >= 11 is 0. The number of hydrogen-bond acceptors (Lipinski definition) is 5. The number of nitrogens with one attached hydrogen (secondary N) is 3. The Bertz CT molecular complexity index is 610. The van der Waals surface area contributed by atoms with E-state index < -0.39 is 11.7 Å². The van der Waals surface area contributed by atoms with Crippen LogP contribution >= 0.6 is 0 Å². The molecule has 1 amide bonds. The standard InChI is InChI=1S/C19H34N6O2/c1-7-20-17(21-12-9-13-22-18(26)27-19(2,3)4)23-14-15-10-8-11-16(24-15)25(5)6/h8,10-11H,7,9,12-14H2,1-6H3,(H,22,26)(H2,20,21,23). The molecule has 0 spiro atoms. The molecule has 8 nitrogen and oxygen atoms in total. The van der Waals surface area contributed by atoms with Crippen LogP contribution in [0, 0.1) is 0 Å². The molecule has 0 aliphatic carbocycles. The van der Waals surface area contributed by atoms with Crippen LogP contribution in [0.1, 0.15) is 39.8 Å². The Labute approximate surface area is 162 Å². The number of anilines is 1. The van der Waals surface area contributed by atoms with Crippen LogP contribution in [-0.4, -0.2) is 56.4 Å². The topological polar surface area (TPSA) is 90.9 Å². The summed E-state index contributed by atoms with van der Waals surface area (Å²) < 4.78 is 5.20. The van der Waals surface area contributed by atoms with E-state index in [0.717, 1.165) is 30.4 Å². The number of alkyl carbamates (subject to hydrolysis) is 1. The molecule has 1 rings (SSSR count). The zero-order valence-corrected chi connectivity index (χ0v) is 17.4. The smallest absolute Gasteiger partial charge is 0.407 e. The summed E-state index contributed by atoms with van der Waals surface area (Å²) in [7, 11) is 3.93.